The van der Waals surface area contributed by atoms with E-state index in [4.69, 9.17) is 9.57 Å². The first-order valence-corrected chi connectivity index (χ1v) is 11.9. The van der Waals surface area contributed by atoms with Crippen LogP contribution in [0.4, 0.5) is 4.79 Å². The Bertz CT molecular complexity index is 473. The number of unbranched alkanes of at least 4 members (excludes halogenated alkanes) is 1. The molecule has 1 N–H and O–H groups in total. The second kappa shape index (κ2) is 9.41. The third-order valence-corrected chi connectivity index (χ3v) is 5.07. The Morgan fingerprint density at radius 1 is 1.12 bits per heavy atom. The molecule has 1 fully saturated rings. The predicted molar refractivity (Wildman–Crippen MR) is 88.5 cm³/mol. The molecule has 0 spiro atoms. The van der Waals surface area contributed by atoms with E-state index >= 15 is 0 Å². The Hall–Kier alpha value is -1.90. The van der Waals surface area contributed by atoms with Gasteiger partial charge in [0.1, 0.15) is 0 Å². The molecule has 1 aliphatic heterocycles. The first-order chi connectivity index (χ1) is 11.2. The molecule has 0 aliphatic carbocycles. The standard InChI is InChI=1S/C15H26N2O6Si/c1-24(2,3)11-10-22-15(21)16-9-5-4-6-14(20)23-17-12(18)7-8-13(17)19/h4-11H2,1-3H3,(H,16,21). The molecule has 9 heteroatoms. The maximum Gasteiger partial charge on any atom is 0.407 e. The highest BCUT2D eigenvalue weighted by molar-refractivity contribution is 6.76. The average Bonchev–Trinajstić information content (AvgIpc) is 2.77. The van der Waals surface area contributed by atoms with E-state index < -0.39 is 32.0 Å². The number of nitrogens with one attached hydrogen (secondary N) is 1. The minimum absolute atomic E-state index is 0.0728. The van der Waals surface area contributed by atoms with Crippen LogP contribution >= 0.6 is 0 Å². The van der Waals surface area contributed by atoms with Crippen molar-refractivity contribution in [2.75, 3.05) is 13.2 Å². The SMILES string of the molecule is C[Si](C)(C)CCOC(=O)NCCCCC(=O)ON1C(=O)CCC1=O. The van der Waals surface area contributed by atoms with Crippen molar-refractivity contribution in [1.82, 2.24) is 10.4 Å². The molecular weight excluding hydrogens is 332 g/mol. The van der Waals surface area contributed by atoms with Gasteiger partial charge in [-0.05, 0) is 18.9 Å². The van der Waals surface area contributed by atoms with Gasteiger partial charge in [-0.1, -0.05) is 19.6 Å². The van der Waals surface area contributed by atoms with Gasteiger partial charge in [-0.15, -0.1) is 5.06 Å². The van der Waals surface area contributed by atoms with Gasteiger partial charge in [0.2, 0.25) is 0 Å². The fourth-order valence-corrected chi connectivity index (χ4v) is 2.61. The third-order valence-electron chi connectivity index (χ3n) is 3.36. The molecule has 0 bridgehead atoms. The van der Waals surface area contributed by atoms with Crippen molar-refractivity contribution in [3.8, 4) is 0 Å². The van der Waals surface area contributed by atoms with Gasteiger partial charge >= 0.3 is 12.1 Å². The molecule has 0 unspecified atom stereocenters. The Morgan fingerprint density at radius 3 is 2.33 bits per heavy atom. The minimum Gasteiger partial charge on any atom is -0.450 e. The van der Waals surface area contributed by atoms with Crippen LogP contribution in [0, 0.1) is 0 Å². The number of carbonyl (C=O) groups is 4. The number of nitrogens with zero attached hydrogens (tertiary/aromatic N) is 1. The molecule has 1 rings (SSSR count). The first kappa shape index (κ1) is 20.1. The molecule has 0 radical (unpaired) electrons. The minimum atomic E-state index is -1.21. The van der Waals surface area contributed by atoms with Crippen molar-refractivity contribution in [2.45, 2.75) is 57.8 Å². The van der Waals surface area contributed by atoms with E-state index in [2.05, 4.69) is 25.0 Å². The van der Waals surface area contributed by atoms with Crippen LogP contribution in [0.15, 0.2) is 0 Å². The van der Waals surface area contributed by atoms with Crippen LogP contribution in [0.5, 0.6) is 0 Å². The van der Waals surface area contributed by atoms with Crippen molar-refractivity contribution in [3.05, 3.63) is 0 Å². The summed E-state index contributed by atoms with van der Waals surface area (Å²) in [6.45, 7) is 7.43. The number of carbonyl (C=O) groups excluding carboxylic acids is 4. The summed E-state index contributed by atoms with van der Waals surface area (Å²) in [5, 5.41) is 3.15. The van der Waals surface area contributed by atoms with E-state index in [0.29, 0.717) is 31.1 Å². The van der Waals surface area contributed by atoms with Gasteiger partial charge in [0.05, 0.1) is 6.61 Å². The van der Waals surface area contributed by atoms with E-state index in [9.17, 15) is 19.2 Å². The van der Waals surface area contributed by atoms with E-state index in [-0.39, 0.29) is 19.3 Å². The van der Waals surface area contributed by atoms with Crippen molar-refractivity contribution in [1.29, 1.82) is 0 Å². The number of rotatable bonds is 9. The third kappa shape index (κ3) is 8.09. The first-order valence-electron chi connectivity index (χ1n) is 8.16. The van der Waals surface area contributed by atoms with Crippen molar-refractivity contribution in [2.24, 2.45) is 0 Å². The van der Waals surface area contributed by atoms with E-state index in [1.165, 1.54) is 0 Å². The highest BCUT2D eigenvalue weighted by Crippen LogP contribution is 2.13. The summed E-state index contributed by atoms with van der Waals surface area (Å²) in [7, 11) is -1.21. The van der Waals surface area contributed by atoms with E-state index in [1.807, 2.05) is 0 Å². The zero-order chi connectivity index (χ0) is 18.2. The Labute approximate surface area is 142 Å². The molecule has 3 amide bonds. The molecule has 0 aromatic heterocycles. The number of amides is 3. The van der Waals surface area contributed by atoms with Gasteiger partial charge in [-0.3, -0.25) is 9.59 Å². The van der Waals surface area contributed by atoms with E-state index in [1.54, 1.807) is 0 Å². The Kier molecular flexibility index (Phi) is 7.89. The van der Waals surface area contributed by atoms with Crippen LogP contribution in [-0.2, 0) is 24.0 Å². The van der Waals surface area contributed by atoms with Crippen LogP contribution in [0.3, 0.4) is 0 Å². The number of alkyl carbamates (subject to hydrolysis) is 1. The molecular formula is C15H26N2O6Si. The van der Waals surface area contributed by atoms with Crippen LogP contribution < -0.4 is 5.32 Å². The molecule has 0 aromatic carbocycles. The normalized spacial score (nSPS) is 14.7. The van der Waals surface area contributed by atoms with Gasteiger partial charge in [-0.2, -0.15) is 0 Å². The maximum absolute atomic E-state index is 11.5. The molecule has 8 nitrogen and oxygen atoms in total. The summed E-state index contributed by atoms with van der Waals surface area (Å²) < 4.78 is 5.07. The summed E-state index contributed by atoms with van der Waals surface area (Å²) in [5.74, 6) is -1.61. The molecule has 0 saturated carbocycles. The van der Waals surface area contributed by atoms with Gasteiger partial charge in [0.15, 0.2) is 0 Å². The summed E-state index contributed by atoms with van der Waals surface area (Å²) in [5.41, 5.74) is 0. The zero-order valence-electron chi connectivity index (χ0n) is 14.6. The molecule has 1 saturated heterocycles. The molecule has 0 atom stereocenters. The lowest BCUT2D eigenvalue weighted by molar-refractivity contribution is -0.197. The van der Waals surface area contributed by atoms with Gasteiger partial charge in [-0.25, -0.2) is 9.59 Å². The predicted octanol–water partition coefficient (Wildman–Crippen LogP) is 1.83. The summed E-state index contributed by atoms with van der Waals surface area (Å²) in [4.78, 5) is 50.3. The van der Waals surface area contributed by atoms with Crippen molar-refractivity contribution >= 4 is 32.0 Å². The van der Waals surface area contributed by atoms with Crippen LogP contribution in [0.2, 0.25) is 25.7 Å². The van der Waals surface area contributed by atoms with Crippen molar-refractivity contribution < 1.29 is 28.8 Å². The monoisotopic (exact) mass is 358 g/mol. The highest BCUT2D eigenvalue weighted by Gasteiger charge is 2.32. The summed E-state index contributed by atoms with van der Waals surface area (Å²) in [6, 6.07) is 0.917. The lowest BCUT2D eigenvalue weighted by Gasteiger charge is -2.15. The number of imide groups is 1. The molecule has 24 heavy (non-hydrogen) atoms. The maximum atomic E-state index is 11.5. The summed E-state index contributed by atoms with van der Waals surface area (Å²) >= 11 is 0. The quantitative estimate of drug-likeness (QED) is 0.383. The summed E-state index contributed by atoms with van der Waals surface area (Å²) in [6.07, 6.45) is 0.823. The second-order valence-corrected chi connectivity index (χ2v) is 12.5. The van der Waals surface area contributed by atoms with Gasteiger partial charge in [0.25, 0.3) is 11.8 Å². The van der Waals surface area contributed by atoms with Crippen LogP contribution in [0.25, 0.3) is 0 Å². The fourth-order valence-electron chi connectivity index (χ4n) is 1.89. The Morgan fingerprint density at radius 2 is 1.75 bits per heavy atom. The second-order valence-electron chi connectivity index (χ2n) is 6.88. The smallest absolute Gasteiger partial charge is 0.407 e. The molecule has 1 aliphatic rings. The number of hydrogen-bond acceptors (Lipinski definition) is 6. The van der Waals surface area contributed by atoms with Crippen LogP contribution in [-0.4, -0.2) is 50.2 Å². The fraction of sp³-hybridized carbons (Fsp3) is 0.733. The lowest BCUT2D eigenvalue weighted by Crippen LogP contribution is -2.32. The highest BCUT2D eigenvalue weighted by atomic mass is 28.3. The zero-order valence-corrected chi connectivity index (χ0v) is 15.6. The van der Waals surface area contributed by atoms with Crippen molar-refractivity contribution in [3.63, 3.8) is 0 Å². The number of hydrogen-bond donors (Lipinski definition) is 1. The Balaban J connectivity index is 2.05. The number of ether oxygens (including phenoxy) is 1. The topological polar surface area (TPSA) is 102 Å². The largest absolute Gasteiger partial charge is 0.450 e. The number of hydroxylamine groups is 2. The van der Waals surface area contributed by atoms with E-state index in [0.717, 1.165) is 6.04 Å². The van der Waals surface area contributed by atoms with Crippen LogP contribution in [0.1, 0.15) is 32.1 Å². The average molecular weight is 358 g/mol. The molecule has 136 valence electrons. The lowest BCUT2D eigenvalue weighted by atomic mass is 10.2. The van der Waals surface area contributed by atoms with Gasteiger partial charge in [0, 0.05) is 33.9 Å². The van der Waals surface area contributed by atoms with Gasteiger partial charge < -0.3 is 14.9 Å². The molecule has 1 heterocycles. The molecule has 0 aromatic rings.